The smallest absolute Gasteiger partial charge is 0.426 e. The Hall–Kier alpha value is -1.90. The van der Waals surface area contributed by atoms with Gasteiger partial charge in [0.1, 0.15) is 0 Å². The number of hydrogen-bond acceptors (Lipinski definition) is 5. The van der Waals surface area contributed by atoms with Gasteiger partial charge >= 0.3 is 7.12 Å². The lowest BCUT2D eigenvalue weighted by Crippen LogP contribution is -2.39. The first kappa shape index (κ1) is 19.2. The Bertz CT molecular complexity index is 499. The van der Waals surface area contributed by atoms with E-state index in [-0.39, 0.29) is 18.4 Å². The Labute approximate surface area is 136 Å². The lowest BCUT2D eigenvalue weighted by Gasteiger charge is -2.17. The van der Waals surface area contributed by atoms with E-state index < -0.39 is 13.1 Å². The number of carbonyl (C=O) groups is 2. The van der Waals surface area contributed by atoms with Crippen LogP contribution in [-0.4, -0.2) is 60.0 Å². The number of nitrogens with one attached hydrogen (secondary N) is 1. The average molecular weight is 321 g/mol. The molecular weight excluding hydrogens is 297 g/mol. The van der Waals surface area contributed by atoms with Crippen molar-refractivity contribution in [2.75, 3.05) is 20.1 Å². The van der Waals surface area contributed by atoms with Gasteiger partial charge in [-0.2, -0.15) is 0 Å². The minimum absolute atomic E-state index is 0.0113. The van der Waals surface area contributed by atoms with E-state index in [1.54, 1.807) is 31.3 Å². The largest absolute Gasteiger partial charge is 0.469 e. The van der Waals surface area contributed by atoms with Crippen LogP contribution in [0.25, 0.3) is 0 Å². The maximum atomic E-state index is 12.1. The summed E-state index contributed by atoms with van der Waals surface area (Å²) in [6, 6.07) is 8.78. The number of benzene rings is 1. The van der Waals surface area contributed by atoms with Crippen LogP contribution in [0.2, 0.25) is 0 Å². The molecule has 0 fully saturated rings. The third-order valence-corrected chi connectivity index (χ3v) is 3.42. The summed E-state index contributed by atoms with van der Waals surface area (Å²) >= 11 is 0. The van der Waals surface area contributed by atoms with Gasteiger partial charge in [-0.1, -0.05) is 24.6 Å². The van der Waals surface area contributed by atoms with Crippen molar-refractivity contribution in [1.29, 1.82) is 0 Å². The van der Waals surface area contributed by atoms with Crippen molar-refractivity contribution in [2.45, 2.75) is 25.2 Å². The molecule has 1 unspecified atom stereocenters. The molecule has 0 heterocycles. The van der Waals surface area contributed by atoms with Crippen LogP contribution in [0.4, 0.5) is 0 Å². The molecule has 0 saturated carbocycles. The molecule has 1 rings (SSSR count). The Morgan fingerprint density at radius 3 is 2.52 bits per heavy atom. The van der Waals surface area contributed by atoms with Crippen LogP contribution in [0.1, 0.15) is 29.6 Å². The molecule has 0 radical (unpaired) electrons. The average Bonchev–Trinajstić information content (AvgIpc) is 2.54. The summed E-state index contributed by atoms with van der Waals surface area (Å²) in [6.07, 6.45) is 1.83. The Kier molecular flexibility index (Phi) is 8.32. The van der Waals surface area contributed by atoms with E-state index >= 15 is 0 Å². The SMILES string of the molecule is CN(CC(=O)NCCCCC(N)B(O)O)C(=O)c1ccccc1. The molecule has 0 aliphatic heterocycles. The van der Waals surface area contributed by atoms with E-state index in [0.717, 1.165) is 0 Å². The number of likely N-dealkylation sites (N-methyl/N-ethyl adjacent to an activating group) is 1. The normalized spacial score (nSPS) is 11.7. The van der Waals surface area contributed by atoms with Gasteiger partial charge in [0.25, 0.3) is 5.91 Å². The van der Waals surface area contributed by atoms with E-state index in [0.29, 0.717) is 31.4 Å². The highest BCUT2D eigenvalue weighted by atomic mass is 16.4. The third kappa shape index (κ3) is 7.27. The number of rotatable bonds is 9. The molecule has 8 heteroatoms. The zero-order chi connectivity index (χ0) is 17.2. The van der Waals surface area contributed by atoms with Crippen LogP contribution < -0.4 is 11.1 Å². The molecule has 1 aromatic carbocycles. The minimum atomic E-state index is -1.51. The van der Waals surface area contributed by atoms with Gasteiger partial charge in [0, 0.05) is 25.1 Å². The molecule has 0 spiro atoms. The van der Waals surface area contributed by atoms with Crippen molar-refractivity contribution in [3.8, 4) is 0 Å². The van der Waals surface area contributed by atoms with Crippen molar-refractivity contribution in [3.05, 3.63) is 35.9 Å². The highest BCUT2D eigenvalue weighted by Gasteiger charge is 2.18. The van der Waals surface area contributed by atoms with E-state index in [9.17, 15) is 9.59 Å². The number of carbonyl (C=O) groups excluding carboxylic acids is 2. The molecule has 1 aromatic rings. The molecule has 23 heavy (non-hydrogen) atoms. The zero-order valence-electron chi connectivity index (χ0n) is 13.3. The zero-order valence-corrected chi connectivity index (χ0v) is 13.3. The summed E-state index contributed by atoms with van der Waals surface area (Å²) in [6.45, 7) is 0.447. The molecular formula is C15H24BN3O4. The molecule has 0 saturated heterocycles. The Balaban J connectivity index is 2.22. The second kappa shape index (κ2) is 9.99. The molecule has 0 aliphatic carbocycles. The van der Waals surface area contributed by atoms with Gasteiger partial charge < -0.3 is 26.0 Å². The highest BCUT2D eigenvalue weighted by molar-refractivity contribution is 6.43. The lowest BCUT2D eigenvalue weighted by molar-refractivity contribution is -0.121. The molecule has 7 nitrogen and oxygen atoms in total. The van der Waals surface area contributed by atoms with E-state index in [1.165, 1.54) is 4.90 Å². The highest BCUT2D eigenvalue weighted by Crippen LogP contribution is 2.03. The van der Waals surface area contributed by atoms with E-state index in [1.807, 2.05) is 6.07 Å². The maximum Gasteiger partial charge on any atom is 0.469 e. The summed E-state index contributed by atoms with van der Waals surface area (Å²) in [5, 5.41) is 20.4. The number of amides is 2. The van der Waals surface area contributed by atoms with Crippen LogP contribution >= 0.6 is 0 Å². The van der Waals surface area contributed by atoms with Gasteiger partial charge in [-0.3, -0.25) is 9.59 Å². The Morgan fingerprint density at radius 1 is 1.26 bits per heavy atom. The molecule has 5 N–H and O–H groups in total. The van der Waals surface area contributed by atoms with Crippen LogP contribution in [0.15, 0.2) is 30.3 Å². The van der Waals surface area contributed by atoms with Crippen molar-refractivity contribution < 1.29 is 19.6 Å². The summed E-state index contributed by atoms with van der Waals surface area (Å²) in [5.74, 6) is -1.10. The van der Waals surface area contributed by atoms with Crippen molar-refractivity contribution >= 4 is 18.9 Å². The molecule has 0 aliphatic rings. The topological polar surface area (TPSA) is 116 Å². The van der Waals surface area contributed by atoms with Crippen LogP contribution in [0.3, 0.4) is 0 Å². The van der Waals surface area contributed by atoms with Crippen molar-refractivity contribution in [2.24, 2.45) is 5.73 Å². The van der Waals surface area contributed by atoms with Crippen molar-refractivity contribution in [3.63, 3.8) is 0 Å². The van der Waals surface area contributed by atoms with Gasteiger partial charge in [0.05, 0.1) is 6.54 Å². The summed E-state index contributed by atoms with van der Waals surface area (Å²) < 4.78 is 0. The third-order valence-electron chi connectivity index (χ3n) is 3.42. The van der Waals surface area contributed by atoms with Gasteiger partial charge in [0.2, 0.25) is 5.91 Å². The second-order valence-electron chi connectivity index (χ2n) is 5.45. The van der Waals surface area contributed by atoms with Gasteiger partial charge in [-0.05, 0) is 25.0 Å². The van der Waals surface area contributed by atoms with Crippen LogP contribution in [-0.2, 0) is 4.79 Å². The first-order chi connectivity index (χ1) is 10.9. The van der Waals surface area contributed by atoms with E-state index in [2.05, 4.69) is 5.32 Å². The second-order valence-corrected chi connectivity index (χ2v) is 5.45. The molecule has 126 valence electrons. The monoisotopic (exact) mass is 321 g/mol. The van der Waals surface area contributed by atoms with Gasteiger partial charge in [-0.25, -0.2) is 0 Å². The molecule has 2 amide bonds. The van der Waals surface area contributed by atoms with Gasteiger partial charge in [-0.15, -0.1) is 0 Å². The Morgan fingerprint density at radius 2 is 1.91 bits per heavy atom. The van der Waals surface area contributed by atoms with Gasteiger partial charge in [0.15, 0.2) is 0 Å². The standard InChI is InChI=1S/C15H24BN3O4/c1-19(15(21)12-7-3-2-4-8-12)11-14(20)18-10-6-5-9-13(17)16(22)23/h2-4,7-8,13,22-23H,5-6,9-11,17H2,1H3,(H,18,20). The first-order valence-corrected chi connectivity index (χ1v) is 7.60. The predicted octanol–water partition coefficient (Wildman–Crippen LogP) is -0.616. The quantitative estimate of drug-likeness (QED) is 0.357. The van der Waals surface area contributed by atoms with Crippen LogP contribution in [0.5, 0.6) is 0 Å². The summed E-state index contributed by atoms with van der Waals surface area (Å²) in [4.78, 5) is 25.2. The predicted molar refractivity (Wildman–Crippen MR) is 88.4 cm³/mol. The summed E-state index contributed by atoms with van der Waals surface area (Å²) in [7, 11) is 0.0681. The van der Waals surface area contributed by atoms with Crippen molar-refractivity contribution in [1.82, 2.24) is 10.2 Å². The molecule has 0 bridgehead atoms. The fourth-order valence-corrected chi connectivity index (χ4v) is 2.03. The minimum Gasteiger partial charge on any atom is -0.426 e. The number of nitrogens with zero attached hydrogens (tertiary/aromatic N) is 1. The maximum absolute atomic E-state index is 12.1. The number of nitrogens with two attached hydrogens (primary N) is 1. The van der Waals surface area contributed by atoms with E-state index in [4.69, 9.17) is 15.8 Å². The fourth-order valence-electron chi connectivity index (χ4n) is 2.03. The van der Waals surface area contributed by atoms with Crippen LogP contribution in [0, 0.1) is 0 Å². The number of hydrogen-bond donors (Lipinski definition) is 4. The lowest BCUT2D eigenvalue weighted by atomic mass is 9.77. The molecule has 0 aromatic heterocycles. The first-order valence-electron chi connectivity index (χ1n) is 7.60. The fraction of sp³-hybridized carbons (Fsp3) is 0.467. The summed E-state index contributed by atoms with van der Waals surface area (Å²) in [5.41, 5.74) is 6.02. The number of unbranched alkanes of at least 4 members (excludes halogenated alkanes) is 1. The molecule has 1 atom stereocenters.